The van der Waals surface area contributed by atoms with E-state index in [1.165, 1.54) is 87.3 Å². The molecule has 0 fully saturated rings. The maximum atomic E-state index is 6.74. The normalized spacial score (nSPS) is 14.4. The first kappa shape index (κ1) is 38.7. The highest BCUT2D eigenvalue weighted by atomic mass is 32.2. The first-order valence-corrected chi connectivity index (χ1v) is 24.6. The summed E-state index contributed by atoms with van der Waals surface area (Å²) in [6.07, 6.45) is 0. The Balaban J connectivity index is 1.02. The molecular weight excluding hydrogens is 855 g/mol. The summed E-state index contributed by atoms with van der Waals surface area (Å²) in [6.45, 7) is 0. The fourth-order valence-electron chi connectivity index (χ4n) is 12.8. The molecule has 0 unspecified atom stereocenters. The van der Waals surface area contributed by atoms with Gasteiger partial charge in [0.2, 0.25) is 0 Å². The summed E-state index contributed by atoms with van der Waals surface area (Å²) in [5.41, 5.74) is 19.9. The number of nitrogens with zero attached hydrogens (tertiary/aromatic N) is 1. The van der Waals surface area contributed by atoms with Gasteiger partial charge in [0, 0.05) is 37.6 Å². The van der Waals surface area contributed by atoms with Gasteiger partial charge in [0.05, 0.1) is 22.2 Å². The number of ether oxygens (including phenoxy) is 1. The third-order valence-electron chi connectivity index (χ3n) is 15.4. The summed E-state index contributed by atoms with van der Waals surface area (Å²) in [5.74, 6) is 1.78. The average molecular weight is 896 g/mol. The minimum absolute atomic E-state index is 0.462. The summed E-state index contributed by atoms with van der Waals surface area (Å²) in [5, 5.41) is 2.44. The van der Waals surface area contributed by atoms with Crippen LogP contribution in [0.4, 0.5) is 17.1 Å². The Morgan fingerprint density at radius 3 is 1.45 bits per heavy atom. The van der Waals surface area contributed by atoms with E-state index in [9.17, 15) is 0 Å². The van der Waals surface area contributed by atoms with Gasteiger partial charge in [-0.15, -0.1) is 0 Å². The predicted octanol–water partition coefficient (Wildman–Crippen LogP) is 17.3. The molecule has 3 heteroatoms. The van der Waals surface area contributed by atoms with Crippen LogP contribution in [-0.4, -0.2) is 0 Å². The molecule has 2 aliphatic heterocycles. The molecule has 15 rings (SSSR count). The Morgan fingerprint density at radius 1 is 0.304 bits per heavy atom. The maximum Gasteiger partial charge on any atom is 0.132 e. The van der Waals surface area contributed by atoms with E-state index in [1.54, 1.807) is 0 Å². The topological polar surface area (TPSA) is 12.5 Å². The van der Waals surface area contributed by atoms with Crippen LogP contribution in [0.5, 0.6) is 11.5 Å². The van der Waals surface area contributed by atoms with Gasteiger partial charge in [0.1, 0.15) is 11.5 Å². The Kier molecular flexibility index (Phi) is 8.17. The zero-order valence-corrected chi connectivity index (χ0v) is 38.3. The van der Waals surface area contributed by atoms with Crippen LogP contribution in [0.2, 0.25) is 0 Å². The lowest BCUT2D eigenvalue weighted by atomic mass is 9.66. The molecule has 11 aromatic rings. The Bertz CT molecular complexity index is 3840. The summed E-state index contributed by atoms with van der Waals surface area (Å²) in [6, 6.07) is 92.3. The van der Waals surface area contributed by atoms with E-state index in [-0.39, 0.29) is 0 Å². The molecule has 2 spiro atoms. The first-order chi connectivity index (χ1) is 34.2. The molecule has 0 atom stereocenters. The molecule has 2 aliphatic carbocycles. The van der Waals surface area contributed by atoms with E-state index in [2.05, 4.69) is 254 Å². The molecule has 11 aromatic carbocycles. The van der Waals surface area contributed by atoms with E-state index in [4.69, 9.17) is 4.74 Å². The highest BCUT2D eigenvalue weighted by Gasteiger charge is 2.53. The maximum absolute atomic E-state index is 6.74. The van der Waals surface area contributed by atoms with Crippen molar-refractivity contribution < 1.29 is 4.74 Å². The molecule has 0 N–H and O–H groups in total. The second-order valence-electron chi connectivity index (χ2n) is 18.6. The molecule has 0 saturated carbocycles. The van der Waals surface area contributed by atoms with Gasteiger partial charge in [-0.25, -0.2) is 0 Å². The van der Waals surface area contributed by atoms with Crippen molar-refractivity contribution in [2.24, 2.45) is 0 Å². The van der Waals surface area contributed by atoms with Crippen LogP contribution in [0.25, 0.3) is 44.2 Å². The Morgan fingerprint density at radius 2 is 0.783 bits per heavy atom. The molecule has 4 aliphatic rings. The van der Waals surface area contributed by atoms with Gasteiger partial charge in [-0.2, -0.15) is 0 Å². The SMILES string of the molecule is c1ccc(-c2ccc(N(c3cccc4c3-c3ccccc3C43c4ccccc4Oc4ccccc43)c3cccc4c5c(ccc34)C3(c4ccccc4Sc4ccccc43)c3ccccc3-5)cc2)cc1. The van der Waals surface area contributed by atoms with Crippen molar-refractivity contribution in [1.29, 1.82) is 0 Å². The number of fused-ring (bicyclic) bond motifs is 20. The van der Waals surface area contributed by atoms with E-state index < -0.39 is 10.8 Å². The van der Waals surface area contributed by atoms with Crippen molar-refractivity contribution in [2.75, 3.05) is 4.90 Å². The average Bonchev–Trinajstić information content (AvgIpc) is 3.88. The van der Waals surface area contributed by atoms with Gasteiger partial charge >= 0.3 is 0 Å². The van der Waals surface area contributed by atoms with Crippen LogP contribution in [0.3, 0.4) is 0 Å². The van der Waals surface area contributed by atoms with E-state index in [0.717, 1.165) is 39.7 Å². The van der Waals surface area contributed by atoms with Gasteiger partial charge < -0.3 is 9.64 Å². The van der Waals surface area contributed by atoms with Crippen LogP contribution < -0.4 is 9.64 Å². The quantitative estimate of drug-likeness (QED) is 0.175. The summed E-state index contributed by atoms with van der Waals surface area (Å²) < 4.78 is 6.74. The van der Waals surface area contributed by atoms with Crippen LogP contribution in [0, 0.1) is 0 Å². The van der Waals surface area contributed by atoms with Crippen LogP contribution >= 0.6 is 11.8 Å². The minimum atomic E-state index is -0.599. The number of para-hydroxylation sites is 2. The fourth-order valence-corrected chi connectivity index (χ4v) is 14.0. The van der Waals surface area contributed by atoms with Crippen molar-refractivity contribution in [3.05, 3.63) is 293 Å². The van der Waals surface area contributed by atoms with Gasteiger partial charge in [0.25, 0.3) is 0 Å². The fraction of sp³-hybridized carbons (Fsp3) is 0.0303. The molecule has 0 bridgehead atoms. The molecule has 0 saturated heterocycles. The minimum Gasteiger partial charge on any atom is -0.457 e. The molecule has 2 nitrogen and oxygen atoms in total. The number of rotatable bonds is 4. The van der Waals surface area contributed by atoms with E-state index in [1.807, 2.05) is 11.8 Å². The lowest BCUT2D eigenvalue weighted by Crippen LogP contribution is -2.32. The third-order valence-corrected chi connectivity index (χ3v) is 16.6. The standard InChI is InChI=1S/C66H41NOS/c1-2-18-42(19-3-1)43-36-38-44(39-37-43)67(58-31-17-29-55-64(58)48-21-5-7-24-50(48)65(55)51-25-8-12-32-59(51)68-60-33-13-9-26-52(60)65)57-30-16-22-46-45(57)40-41-56-63(46)47-20-4-6-23-49(47)66(56)53-27-10-14-34-61(53)69-62-35-15-11-28-54(62)66/h1-41H. The van der Waals surface area contributed by atoms with Crippen molar-refractivity contribution in [3.63, 3.8) is 0 Å². The largest absolute Gasteiger partial charge is 0.457 e. The summed E-state index contributed by atoms with van der Waals surface area (Å²) in [7, 11) is 0. The zero-order chi connectivity index (χ0) is 45.3. The van der Waals surface area contributed by atoms with Crippen molar-refractivity contribution in [2.45, 2.75) is 20.6 Å². The third kappa shape index (κ3) is 5.12. The molecule has 2 heterocycles. The monoisotopic (exact) mass is 895 g/mol. The highest BCUT2D eigenvalue weighted by Crippen LogP contribution is 2.66. The van der Waals surface area contributed by atoms with Gasteiger partial charge in [-0.1, -0.05) is 212 Å². The number of hydrogen-bond acceptors (Lipinski definition) is 3. The van der Waals surface area contributed by atoms with Gasteiger partial charge in [-0.05, 0) is 115 Å². The summed E-state index contributed by atoms with van der Waals surface area (Å²) >= 11 is 1.89. The lowest BCUT2D eigenvalue weighted by Gasteiger charge is -2.39. The molecule has 69 heavy (non-hydrogen) atoms. The molecule has 0 amide bonds. The first-order valence-electron chi connectivity index (χ1n) is 23.8. The van der Waals surface area contributed by atoms with Gasteiger partial charge in [0.15, 0.2) is 0 Å². The van der Waals surface area contributed by atoms with E-state index in [0.29, 0.717) is 0 Å². The Labute approximate surface area is 405 Å². The van der Waals surface area contributed by atoms with Crippen LogP contribution in [-0.2, 0) is 10.8 Å². The second-order valence-corrected chi connectivity index (χ2v) is 19.7. The molecule has 0 radical (unpaired) electrons. The van der Waals surface area contributed by atoms with Gasteiger partial charge in [-0.3, -0.25) is 0 Å². The Hall–Kier alpha value is -8.37. The predicted molar refractivity (Wildman–Crippen MR) is 283 cm³/mol. The zero-order valence-electron chi connectivity index (χ0n) is 37.4. The molecular formula is C66H41NOS. The van der Waals surface area contributed by atoms with Crippen LogP contribution in [0.1, 0.15) is 44.5 Å². The number of benzene rings is 11. The van der Waals surface area contributed by atoms with Crippen molar-refractivity contribution in [1.82, 2.24) is 0 Å². The van der Waals surface area contributed by atoms with Crippen molar-refractivity contribution in [3.8, 4) is 44.9 Å². The lowest BCUT2D eigenvalue weighted by molar-refractivity contribution is 0.436. The molecule has 322 valence electrons. The van der Waals surface area contributed by atoms with Crippen molar-refractivity contribution >= 4 is 39.6 Å². The number of hydrogen-bond donors (Lipinski definition) is 0. The van der Waals surface area contributed by atoms with E-state index >= 15 is 0 Å². The number of anilines is 3. The molecule has 0 aromatic heterocycles. The highest BCUT2D eigenvalue weighted by molar-refractivity contribution is 7.99. The second kappa shape index (κ2) is 14.6. The smallest absolute Gasteiger partial charge is 0.132 e. The van der Waals surface area contributed by atoms with Crippen LogP contribution in [0.15, 0.2) is 259 Å². The summed E-state index contributed by atoms with van der Waals surface area (Å²) in [4.78, 5) is 5.15.